The molecule has 0 aliphatic heterocycles. The minimum Gasteiger partial charge on any atom is -0.345 e. The summed E-state index contributed by atoms with van der Waals surface area (Å²) in [6.45, 7) is 6.65. The van der Waals surface area contributed by atoms with Gasteiger partial charge in [-0.1, -0.05) is 12.1 Å². The smallest absolute Gasteiger partial charge is 0.106 e. The average molecular weight is 269 g/mol. The van der Waals surface area contributed by atoms with E-state index in [2.05, 4.69) is 50.0 Å². The molecule has 2 aromatic heterocycles. The van der Waals surface area contributed by atoms with Gasteiger partial charge in [0.1, 0.15) is 11.6 Å². The molecule has 3 rings (SSSR count). The SMILES string of the molecule is Cc1ncc(CNCCn2c(C)nc3ccccc32)[nH]1. The summed E-state index contributed by atoms with van der Waals surface area (Å²) >= 11 is 0. The maximum Gasteiger partial charge on any atom is 0.106 e. The first kappa shape index (κ1) is 12.9. The van der Waals surface area contributed by atoms with Crippen LogP contribution in [0.5, 0.6) is 0 Å². The second kappa shape index (κ2) is 5.46. The molecular weight excluding hydrogens is 250 g/mol. The van der Waals surface area contributed by atoms with E-state index in [1.54, 1.807) is 0 Å². The minimum atomic E-state index is 0.812. The van der Waals surface area contributed by atoms with Crippen LogP contribution in [0.1, 0.15) is 17.3 Å². The Morgan fingerprint density at radius 1 is 1.25 bits per heavy atom. The van der Waals surface area contributed by atoms with Crippen molar-refractivity contribution in [2.45, 2.75) is 26.9 Å². The predicted octanol–water partition coefficient (Wildman–Crippen LogP) is 2.17. The number of H-pyrrole nitrogens is 1. The maximum absolute atomic E-state index is 4.57. The van der Waals surface area contributed by atoms with E-state index in [0.29, 0.717) is 0 Å². The number of fused-ring (bicyclic) bond motifs is 1. The van der Waals surface area contributed by atoms with E-state index in [9.17, 15) is 0 Å². The van der Waals surface area contributed by atoms with Crippen LogP contribution in [-0.2, 0) is 13.1 Å². The Morgan fingerprint density at radius 2 is 2.10 bits per heavy atom. The number of nitrogens with zero attached hydrogens (tertiary/aromatic N) is 3. The quantitative estimate of drug-likeness (QED) is 0.698. The van der Waals surface area contributed by atoms with Crippen LogP contribution in [0, 0.1) is 13.8 Å². The van der Waals surface area contributed by atoms with Gasteiger partial charge in [0.15, 0.2) is 0 Å². The molecule has 2 N–H and O–H groups in total. The second-order valence-electron chi connectivity index (χ2n) is 4.97. The fourth-order valence-electron chi connectivity index (χ4n) is 2.45. The first-order valence-electron chi connectivity index (χ1n) is 6.87. The van der Waals surface area contributed by atoms with Gasteiger partial charge in [0.2, 0.25) is 0 Å². The molecule has 0 saturated heterocycles. The topological polar surface area (TPSA) is 58.5 Å². The van der Waals surface area contributed by atoms with Crippen LogP contribution in [0.15, 0.2) is 30.5 Å². The largest absolute Gasteiger partial charge is 0.345 e. The Balaban J connectivity index is 1.61. The van der Waals surface area contributed by atoms with Gasteiger partial charge in [-0.15, -0.1) is 0 Å². The number of imidazole rings is 2. The standard InChI is InChI=1S/C15H19N5/c1-11-17-10-13(18-11)9-16-7-8-20-12(2)19-14-5-3-4-6-15(14)20/h3-6,10,16H,7-9H2,1-2H3,(H,17,18). The van der Waals surface area contributed by atoms with Gasteiger partial charge in [-0.25, -0.2) is 9.97 Å². The van der Waals surface area contributed by atoms with Crippen LogP contribution >= 0.6 is 0 Å². The van der Waals surface area contributed by atoms with Crippen LogP contribution in [-0.4, -0.2) is 26.1 Å². The van der Waals surface area contributed by atoms with Crippen molar-refractivity contribution in [2.75, 3.05) is 6.54 Å². The molecule has 0 spiro atoms. The van der Waals surface area contributed by atoms with Crippen LogP contribution in [0.4, 0.5) is 0 Å². The Hall–Kier alpha value is -2.14. The van der Waals surface area contributed by atoms with Gasteiger partial charge >= 0.3 is 0 Å². The summed E-state index contributed by atoms with van der Waals surface area (Å²) in [5.41, 5.74) is 3.38. The zero-order valence-electron chi connectivity index (χ0n) is 11.8. The van der Waals surface area contributed by atoms with Gasteiger partial charge in [0.25, 0.3) is 0 Å². The lowest BCUT2D eigenvalue weighted by Gasteiger charge is -2.07. The molecule has 5 nitrogen and oxygen atoms in total. The highest BCUT2D eigenvalue weighted by atomic mass is 15.1. The molecule has 0 radical (unpaired) electrons. The fraction of sp³-hybridized carbons (Fsp3) is 0.333. The summed E-state index contributed by atoms with van der Waals surface area (Å²) in [4.78, 5) is 12.0. The highest BCUT2D eigenvalue weighted by Gasteiger charge is 2.05. The van der Waals surface area contributed by atoms with Crippen LogP contribution < -0.4 is 5.32 Å². The van der Waals surface area contributed by atoms with Crippen molar-refractivity contribution < 1.29 is 0 Å². The second-order valence-corrected chi connectivity index (χ2v) is 4.97. The number of aromatic nitrogens is 4. The molecule has 0 saturated carbocycles. The Kier molecular flexibility index (Phi) is 3.52. The molecule has 20 heavy (non-hydrogen) atoms. The molecule has 3 aromatic rings. The molecule has 0 atom stereocenters. The van der Waals surface area contributed by atoms with Crippen molar-refractivity contribution in [3.63, 3.8) is 0 Å². The number of aryl methyl sites for hydroxylation is 2. The van der Waals surface area contributed by atoms with Crippen molar-refractivity contribution >= 4 is 11.0 Å². The average Bonchev–Trinajstić information content (AvgIpc) is 2.98. The summed E-state index contributed by atoms with van der Waals surface area (Å²) in [5.74, 6) is 2.02. The lowest BCUT2D eigenvalue weighted by atomic mass is 10.3. The first-order chi connectivity index (χ1) is 9.74. The molecule has 0 aliphatic rings. The van der Waals surface area contributed by atoms with E-state index in [0.717, 1.165) is 42.5 Å². The van der Waals surface area contributed by atoms with Crippen molar-refractivity contribution in [1.29, 1.82) is 0 Å². The fourth-order valence-corrected chi connectivity index (χ4v) is 2.45. The number of nitrogens with one attached hydrogen (secondary N) is 2. The van der Waals surface area contributed by atoms with Crippen LogP contribution in [0.2, 0.25) is 0 Å². The van der Waals surface area contributed by atoms with E-state index in [4.69, 9.17) is 0 Å². The van der Waals surface area contributed by atoms with Gasteiger partial charge < -0.3 is 14.9 Å². The zero-order valence-corrected chi connectivity index (χ0v) is 11.8. The van der Waals surface area contributed by atoms with E-state index < -0.39 is 0 Å². The molecular formula is C15H19N5. The lowest BCUT2D eigenvalue weighted by molar-refractivity contribution is 0.593. The van der Waals surface area contributed by atoms with E-state index in [1.807, 2.05) is 19.2 Å². The monoisotopic (exact) mass is 269 g/mol. The van der Waals surface area contributed by atoms with Crippen LogP contribution in [0.3, 0.4) is 0 Å². The number of hydrogen-bond acceptors (Lipinski definition) is 3. The molecule has 1 aromatic carbocycles. The van der Waals surface area contributed by atoms with Gasteiger partial charge in [-0.2, -0.15) is 0 Å². The van der Waals surface area contributed by atoms with Gasteiger partial charge in [-0.05, 0) is 26.0 Å². The molecule has 104 valence electrons. The first-order valence-corrected chi connectivity index (χ1v) is 6.87. The third-order valence-corrected chi connectivity index (χ3v) is 3.43. The third-order valence-electron chi connectivity index (χ3n) is 3.43. The molecule has 0 bridgehead atoms. The lowest BCUT2D eigenvalue weighted by Crippen LogP contribution is -2.20. The molecule has 5 heteroatoms. The van der Waals surface area contributed by atoms with E-state index in [1.165, 1.54) is 5.52 Å². The third kappa shape index (κ3) is 2.58. The van der Waals surface area contributed by atoms with Crippen molar-refractivity contribution in [2.24, 2.45) is 0 Å². The summed E-state index contributed by atoms with van der Waals surface area (Å²) in [5, 5.41) is 3.43. The van der Waals surface area contributed by atoms with Crippen molar-refractivity contribution in [3.05, 3.63) is 47.8 Å². The predicted molar refractivity (Wildman–Crippen MR) is 79.5 cm³/mol. The minimum absolute atomic E-state index is 0.812. The van der Waals surface area contributed by atoms with Gasteiger partial charge in [-0.3, -0.25) is 0 Å². The summed E-state index contributed by atoms with van der Waals surface area (Å²) < 4.78 is 2.25. The van der Waals surface area contributed by atoms with E-state index in [-0.39, 0.29) is 0 Å². The number of benzene rings is 1. The number of aromatic amines is 1. The molecule has 0 amide bonds. The van der Waals surface area contributed by atoms with E-state index >= 15 is 0 Å². The van der Waals surface area contributed by atoms with Crippen LogP contribution in [0.25, 0.3) is 11.0 Å². The Morgan fingerprint density at radius 3 is 2.90 bits per heavy atom. The number of hydrogen-bond donors (Lipinski definition) is 2. The number of rotatable bonds is 5. The highest BCUT2D eigenvalue weighted by molar-refractivity contribution is 5.75. The summed E-state index contributed by atoms with van der Waals surface area (Å²) in [7, 11) is 0. The Labute approximate surface area is 118 Å². The molecule has 0 fully saturated rings. The Bertz CT molecular complexity index is 710. The van der Waals surface area contributed by atoms with Gasteiger partial charge in [0.05, 0.1) is 11.0 Å². The maximum atomic E-state index is 4.57. The normalized spacial score (nSPS) is 11.3. The van der Waals surface area contributed by atoms with Crippen molar-refractivity contribution in [1.82, 2.24) is 24.8 Å². The molecule has 2 heterocycles. The zero-order chi connectivity index (χ0) is 13.9. The summed E-state index contributed by atoms with van der Waals surface area (Å²) in [6.07, 6.45) is 1.88. The summed E-state index contributed by atoms with van der Waals surface area (Å²) in [6, 6.07) is 8.26. The van der Waals surface area contributed by atoms with Crippen molar-refractivity contribution in [3.8, 4) is 0 Å². The molecule has 0 aliphatic carbocycles. The number of para-hydroxylation sites is 2. The molecule has 0 unspecified atom stereocenters. The van der Waals surface area contributed by atoms with Gasteiger partial charge in [0, 0.05) is 31.5 Å². The highest BCUT2D eigenvalue weighted by Crippen LogP contribution is 2.14.